The van der Waals surface area contributed by atoms with Gasteiger partial charge in [0.05, 0.1) is 0 Å². The van der Waals surface area contributed by atoms with Crippen LogP contribution in [0.25, 0.3) is 10.8 Å². The minimum absolute atomic E-state index is 0.189. The molecule has 0 bridgehead atoms. The maximum Gasteiger partial charge on any atom is 0.190 e. The molecule has 0 saturated heterocycles. The fourth-order valence-corrected chi connectivity index (χ4v) is 2.37. The zero-order chi connectivity index (χ0) is 12.5. The monoisotopic (exact) mass is 248 g/mol. The van der Waals surface area contributed by atoms with Crippen LogP contribution in [-0.4, -0.2) is 20.2 Å². The smallest absolute Gasteiger partial charge is 0.190 e. The van der Waals surface area contributed by atoms with Crippen LogP contribution in [0.2, 0.25) is 0 Å². The molecule has 5 heteroatoms. The zero-order valence-electron chi connectivity index (χ0n) is 10.5. The SMILES string of the molecule is C[C@H](c1nnc(-c2ncccn2)s1)C(C)(C)C. The Balaban J connectivity index is 2.28. The van der Waals surface area contributed by atoms with Gasteiger partial charge in [0.25, 0.3) is 0 Å². The van der Waals surface area contributed by atoms with E-state index in [4.69, 9.17) is 0 Å². The standard InChI is InChI=1S/C12H16N4S/c1-8(12(2,3)4)10-15-16-11(17-10)9-13-6-5-7-14-9/h5-8H,1-4H3/t8-/m1/s1. The molecule has 0 fully saturated rings. The topological polar surface area (TPSA) is 51.6 Å². The molecule has 0 aliphatic carbocycles. The van der Waals surface area contributed by atoms with Gasteiger partial charge < -0.3 is 0 Å². The molecule has 17 heavy (non-hydrogen) atoms. The Morgan fingerprint density at radius 1 is 1.12 bits per heavy atom. The van der Waals surface area contributed by atoms with Gasteiger partial charge in [-0.2, -0.15) is 0 Å². The minimum Gasteiger partial charge on any atom is -0.234 e. The predicted molar refractivity (Wildman–Crippen MR) is 68.8 cm³/mol. The van der Waals surface area contributed by atoms with Gasteiger partial charge in [-0.15, -0.1) is 10.2 Å². The molecule has 4 nitrogen and oxygen atoms in total. The maximum absolute atomic E-state index is 4.25. The van der Waals surface area contributed by atoms with Gasteiger partial charge >= 0.3 is 0 Å². The second kappa shape index (κ2) is 4.49. The van der Waals surface area contributed by atoms with E-state index in [-0.39, 0.29) is 5.41 Å². The Morgan fingerprint density at radius 2 is 1.76 bits per heavy atom. The zero-order valence-corrected chi connectivity index (χ0v) is 11.3. The van der Waals surface area contributed by atoms with Crippen molar-refractivity contribution in [2.75, 3.05) is 0 Å². The summed E-state index contributed by atoms with van der Waals surface area (Å²) in [5, 5.41) is 10.2. The van der Waals surface area contributed by atoms with Crippen molar-refractivity contribution in [1.82, 2.24) is 20.2 Å². The van der Waals surface area contributed by atoms with E-state index in [2.05, 4.69) is 47.9 Å². The van der Waals surface area contributed by atoms with Gasteiger partial charge in [0.15, 0.2) is 10.8 Å². The molecule has 90 valence electrons. The van der Waals surface area contributed by atoms with Crippen LogP contribution in [0.4, 0.5) is 0 Å². The van der Waals surface area contributed by atoms with Crippen molar-refractivity contribution in [2.45, 2.75) is 33.6 Å². The van der Waals surface area contributed by atoms with E-state index >= 15 is 0 Å². The fraction of sp³-hybridized carbons (Fsp3) is 0.500. The molecular weight excluding hydrogens is 232 g/mol. The Hall–Kier alpha value is -1.36. The molecule has 0 saturated carbocycles. The van der Waals surface area contributed by atoms with Crippen LogP contribution in [0.1, 0.15) is 38.6 Å². The summed E-state index contributed by atoms with van der Waals surface area (Å²) < 4.78 is 0. The molecule has 0 unspecified atom stereocenters. The lowest BCUT2D eigenvalue weighted by Gasteiger charge is -2.24. The van der Waals surface area contributed by atoms with Crippen molar-refractivity contribution in [2.24, 2.45) is 5.41 Å². The van der Waals surface area contributed by atoms with Gasteiger partial charge in [-0.05, 0) is 11.5 Å². The summed E-state index contributed by atoms with van der Waals surface area (Å²) in [6.45, 7) is 8.80. The van der Waals surface area contributed by atoms with Gasteiger partial charge in [0, 0.05) is 18.3 Å². The molecule has 0 aliphatic heterocycles. The summed E-state index contributed by atoms with van der Waals surface area (Å²) in [6.07, 6.45) is 3.44. The highest BCUT2D eigenvalue weighted by molar-refractivity contribution is 7.14. The van der Waals surface area contributed by atoms with Crippen LogP contribution in [0.15, 0.2) is 18.5 Å². The minimum atomic E-state index is 0.189. The number of aromatic nitrogens is 4. The molecule has 2 heterocycles. The molecule has 2 aromatic heterocycles. The lowest BCUT2D eigenvalue weighted by molar-refractivity contribution is 0.337. The van der Waals surface area contributed by atoms with Crippen molar-refractivity contribution in [1.29, 1.82) is 0 Å². The van der Waals surface area contributed by atoms with Crippen molar-refractivity contribution in [3.8, 4) is 10.8 Å². The molecule has 0 amide bonds. The van der Waals surface area contributed by atoms with E-state index in [1.54, 1.807) is 29.8 Å². The Morgan fingerprint density at radius 3 is 2.35 bits per heavy atom. The first kappa shape index (κ1) is 12.1. The van der Waals surface area contributed by atoms with Crippen LogP contribution < -0.4 is 0 Å². The maximum atomic E-state index is 4.25. The fourth-order valence-electron chi connectivity index (χ4n) is 1.28. The van der Waals surface area contributed by atoms with Crippen molar-refractivity contribution >= 4 is 11.3 Å². The molecule has 0 aliphatic rings. The lowest BCUT2D eigenvalue weighted by atomic mass is 9.83. The summed E-state index contributed by atoms with van der Waals surface area (Å²) >= 11 is 1.57. The molecule has 0 aromatic carbocycles. The summed E-state index contributed by atoms with van der Waals surface area (Å²) in [7, 11) is 0. The third-order valence-corrected chi connectivity index (χ3v) is 3.97. The predicted octanol–water partition coefficient (Wildman–Crippen LogP) is 3.14. The first-order valence-corrected chi connectivity index (χ1v) is 6.41. The van der Waals surface area contributed by atoms with Crippen LogP contribution >= 0.6 is 11.3 Å². The van der Waals surface area contributed by atoms with Gasteiger partial charge in [-0.25, -0.2) is 9.97 Å². The molecule has 0 radical (unpaired) electrons. The molecule has 0 N–H and O–H groups in total. The molecule has 2 rings (SSSR count). The summed E-state index contributed by atoms with van der Waals surface area (Å²) in [5.41, 5.74) is 0.189. The van der Waals surface area contributed by atoms with E-state index < -0.39 is 0 Å². The van der Waals surface area contributed by atoms with E-state index in [0.29, 0.717) is 11.7 Å². The highest BCUT2D eigenvalue weighted by Crippen LogP contribution is 2.36. The average Bonchev–Trinajstić information content (AvgIpc) is 2.77. The molecule has 0 spiro atoms. The van der Waals surface area contributed by atoms with E-state index in [1.165, 1.54) is 0 Å². The van der Waals surface area contributed by atoms with Gasteiger partial charge in [0.2, 0.25) is 0 Å². The van der Waals surface area contributed by atoms with Gasteiger partial charge in [0.1, 0.15) is 5.01 Å². The average molecular weight is 248 g/mol. The second-order valence-corrected chi connectivity index (χ2v) is 6.11. The molecule has 2 aromatic rings. The largest absolute Gasteiger partial charge is 0.234 e. The number of hydrogen-bond donors (Lipinski definition) is 0. The number of nitrogens with zero attached hydrogens (tertiary/aromatic N) is 4. The molecule has 1 atom stereocenters. The second-order valence-electron chi connectivity index (χ2n) is 5.11. The van der Waals surface area contributed by atoms with Crippen molar-refractivity contribution < 1.29 is 0 Å². The summed E-state index contributed by atoms with van der Waals surface area (Å²) in [5.74, 6) is 1.02. The lowest BCUT2D eigenvalue weighted by Crippen LogP contribution is -2.14. The Bertz CT molecular complexity index is 487. The Labute approximate surface area is 105 Å². The van der Waals surface area contributed by atoms with Crippen molar-refractivity contribution in [3.63, 3.8) is 0 Å². The van der Waals surface area contributed by atoms with Crippen LogP contribution in [0, 0.1) is 5.41 Å². The van der Waals surface area contributed by atoms with Crippen molar-refractivity contribution in [3.05, 3.63) is 23.5 Å². The van der Waals surface area contributed by atoms with Gasteiger partial charge in [-0.3, -0.25) is 0 Å². The van der Waals surface area contributed by atoms with E-state index in [9.17, 15) is 0 Å². The third-order valence-electron chi connectivity index (χ3n) is 2.87. The Kier molecular flexibility index (Phi) is 3.19. The highest BCUT2D eigenvalue weighted by atomic mass is 32.1. The van der Waals surface area contributed by atoms with Crippen LogP contribution in [-0.2, 0) is 0 Å². The first-order valence-electron chi connectivity index (χ1n) is 5.59. The normalized spacial score (nSPS) is 13.6. The van der Waals surface area contributed by atoms with E-state index in [1.807, 2.05) is 0 Å². The van der Waals surface area contributed by atoms with E-state index in [0.717, 1.165) is 10.0 Å². The van der Waals surface area contributed by atoms with Gasteiger partial charge in [-0.1, -0.05) is 39.0 Å². The van der Waals surface area contributed by atoms with Crippen LogP contribution in [0.3, 0.4) is 0 Å². The highest BCUT2D eigenvalue weighted by Gasteiger charge is 2.25. The third kappa shape index (κ3) is 2.66. The number of hydrogen-bond acceptors (Lipinski definition) is 5. The number of rotatable bonds is 2. The van der Waals surface area contributed by atoms with Crippen LogP contribution in [0.5, 0.6) is 0 Å². The first-order chi connectivity index (χ1) is 7.98. The molecular formula is C12H16N4S. The summed E-state index contributed by atoms with van der Waals surface area (Å²) in [4.78, 5) is 8.36. The summed E-state index contributed by atoms with van der Waals surface area (Å²) in [6, 6.07) is 1.79. The quantitative estimate of drug-likeness (QED) is 0.819.